The normalized spacial score (nSPS) is 19.3. The Kier molecular flexibility index (Phi) is 6.41. The fourth-order valence-electron chi connectivity index (χ4n) is 4.34. The summed E-state index contributed by atoms with van der Waals surface area (Å²) in [5, 5.41) is 12.3. The van der Waals surface area contributed by atoms with Crippen molar-refractivity contribution in [1.82, 2.24) is 14.8 Å². The molecule has 4 heterocycles. The van der Waals surface area contributed by atoms with Crippen molar-refractivity contribution in [1.29, 1.82) is 0 Å². The zero-order valence-corrected chi connectivity index (χ0v) is 19.4. The zero-order chi connectivity index (χ0) is 22.8. The molecule has 1 amide bonds. The van der Waals surface area contributed by atoms with Gasteiger partial charge in [0, 0.05) is 31.3 Å². The van der Waals surface area contributed by atoms with Crippen LogP contribution in [0.4, 0.5) is 11.6 Å². The number of hydrogen-bond donors (Lipinski definition) is 1. The molecule has 1 aromatic heterocycles. The zero-order valence-electron chi connectivity index (χ0n) is 18.5. The van der Waals surface area contributed by atoms with Crippen molar-refractivity contribution in [2.24, 2.45) is 0 Å². The molecule has 0 aliphatic carbocycles. The van der Waals surface area contributed by atoms with Crippen molar-refractivity contribution in [3.63, 3.8) is 0 Å². The molecule has 5 rings (SSSR count). The second kappa shape index (κ2) is 9.60. The van der Waals surface area contributed by atoms with Crippen molar-refractivity contribution in [2.75, 3.05) is 42.5 Å². The fraction of sp³-hybridized carbons (Fsp3) is 0.545. The molecule has 0 bridgehead atoms. The van der Waals surface area contributed by atoms with Gasteiger partial charge in [-0.1, -0.05) is 11.8 Å². The van der Waals surface area contributed by atoms with Crippen LogP contribution in [0.3, 0.4) is 0 Å². The Morgan fingerprint density at radius 1 is 1.15 bits per heavy atom. The van der Waals surface area contributed by atoms with Crippen LogP contribution in [0.15, 0.2) is 17.3 Å². The van der Waals surface area contributed by atoms with Crippen LogP contribution in [0.25, 0.3) is 0 Å². The van der Waals surface area contributed by atoms with Gasteiger partial charge in [0.2, 0.25) is 18.6 Å². The van der Waals surface area contributed by atoms with Gasteiger partial charge < -0.3 is 24.4 Å². The number of amides is 1. The fourth-order valence-corrected chi connectivity index (χ4v) is 5.09. The summed E-state index contributed by atoms with van der Waals surface area (Å²) < 4.78 is 18.7. The van der Waals surface area contributed by atoms with E-state index in [-0.39, 0.29) is 30.3 Å². The van der Waals surface area contributed by atoms with Gasteiger partial charge in [0.1, 0.15) is 0 Å². The number of aromatic nitrogens is 3. The molecule has 3 aliphatic rings. The minimum atomic E-state index is -0.240. The largest absolute Gasteiger partial charge is 0.454 e. The number of nitrogens with one attached hydrogen (secondary N) is 1. The molecule has 2 aromatic rings. The van der Waals surface area contributed by atoms with Crippen LogP contribution in [-0.4, -0.2) is 64.8 Å². The molecule has 10 nitrogen and oxygen atoms in total. The maximum atomic E-state index is 12.8. The first-order chi connectivity index (χ1) is 16.1. The Morgan fingerprint density at radius 2 is 1.94 bits per heavy atom. The lowest BCUT2D eigenvalue weighted by Crippen LogP contribution is -2.25. The molecule has 1 atom stereocenters. The first kappa shape index (κ1) is 22.0. The first-order valence-corrected chi connectivity index (χ1v) is 12.2. The lowest BCUT2D eigenvalue weighted by molar-refractivity contribution is -0.113. The topological polar surface area (TPSA) is 108 Å². The minimum Gasteiger partial charge on any atom is -0.454 e. The quantitative estimate of drug-likeness (QED) is 0.457. The molecule has 0 spiro atoms. The number of fused-ring (bicyclic) bond motifs is 1. The monoisotopic (exact) mass is 473 g/mol. The van der Waals surface area contributed by atoms with Crippen molar-refractivity contribution in [3.05, 3.63) is 17.7 Å². The highest BCUT2D eigenvalue weighted by Crippen LogP contribution is 2.37. The van der Waals surface area contributed by atoms with Crippen LogP contribution in [-0.2, 0) is 16.1 Å². The molecule has 0 radical (unpaired) electrons. The lowest BCUT2D eigenvalue weighted by Gasteiger charge is -2.20. The molecule has 176 valence electrons. The van der Waals surface area contributed by atoms with E-state index in [1.807, 2.05) is 0 Å². The van der Waals surface area contributed by atoms with Gasteiger partial charge in [-0.25, -0.2) is 0 Å². The number of hydrogen-bond acceptors (Lipinski definition) is 9. The molecule has 0 saturated carbocycles. The number of carbonyl (C=O) groups is 2. The Bertz CT molecular complexity index is 1050. The second-order valence-electron chi connectivity index (χ2n) is 8.37. The molecule has 2 saturated heterocycles. The molecule has 2 fully saturated rings. The van der Waals surface area contributed by atoms with Gasteiger partial charge in [0.25, 0.3) is 0 Å². The van der Waals surface area contributed by atoms with Crippen molar-refractivity contribution >= 4 is 35.1 Å². The van der Waals surface area contributed by atoms with Crippen LogP contribution in [0.1, 0.15) is 43.0 Å². The number of benzene rings is 1. The Balaban J connectivity index is 1.29. The standard InChI is InChI=1S/C22H27N5O5S/c1-14(28)16-9-18-19(32-13-31-18)10-17(16)23-20(29)12-33-22-25-24-21(26-6-2-3-7-26)27(22)11-15-5-4-8-30-15/h9-10,15H,2-8,11-13H2,1H3,(H,23,29). The van der Waals surface area contributed by atoms with E-state index < -0.39 is 0 Å². The number of ether oxygens (including phenoxy) is 3. The maximum absolute atomic E-state index is 12.8. The molecule has 1 N–H and O–H groups in total. The van der Waals surface area contributed by atoms with Gasteiger partial charge in [-0.05, 0) is 38.7 Å². The van der Waals surface area contributed by atoms with E-state index in [2.05, 4.69) is 25.0 Å². The maximum Gasteiger partial charge on any atom is 0.234 e. The van der Waals surface area contributed by atoms with Crippen molar-refractivity contribution < 1.29 is 23.8 Å². The average molecular weight is 474 g/mol. The molecule has 3 aliphatic heterocycles. The highest BCUT2D eigenvalue weighted by molar-refractivity contribution is 7.99. The Labute approximate surface area is 196 Å². The summed E-state index contributed by atoms with van der Waals surface area (Å²) in [5.74, 6) is 1.59. The van der Waals surface area contributed by atoms with E-state index >= 15 is 0 Å². The van der Waals surface area contributed by atoms with E-state index in [4.69, 9.17) is 14.2 Å². The summed E-state index contributed by atoms with van der Waals surface area (Å²) in [6, 6.07) is 3.24. The summed E-state index contributed by atoms with van der Waals surface area (Å²) in [5.41, 5.74) is 0.798. The van der Waals surface area contributed by atoms with E-state index in [1.54, 1.807) is 12.1 Å². The number of thioether (sulfide) groups is 1. The van der Waals surface area contributed by atoms with Gasteiger partial charge >= 0.3 is 0 Å². The predicted octanol–water partition coefficient (Wildman–Crippen LogP) is 2.72. The summed E-state index contributed by atoms with van der Waals surface area (Å²) in [6.45, 7) is 4.94. The molecular formula is C22H27N5O5S. The highest BCUT2D eigenvalue weighted by atomic mass is 32.2. The third kappa shape index (κ3) is 4.79. The third-order valence-corrected chi connectivity index (χ3v) is 6.96. The van der Waals surface area contributed by atoms with Gasteiger partial charge in [0.05, 0.1) is 24.1 Å². The van der Waals surface area contributed by atoms with Gasteiger partial charge in [-0.3, -0.25) is 14.2 Å². The van der Waals surface area contributed by atoms with Crippen LogP contribution < -0.4 is 19.7 Å². The summed E-state index contributed by atoms with van der Waals surface area (Å²) in [6.07, 6.45) is 4.50. The number of anilines is 2. The van der Waals surface area contributed by atoms with E-state index in [0.717, 1.165) is 51.3 Å². The predicted molar refractivity (Wildman–Crippen MR) is 122 cm³/mol. The number of carbonyl (C=O) groups excluding carboxylic acids is 2. The van der Waals surface area contributed by atoms with Crippen LogP contribution in [0.2, 0.25) is 0 Å². The summed E-state index contributed by atoms with van der Waals surface area (Å²) in [4.78, 5) is 27.1. The molecular weight excluding hydrogens is 446 g/mol. The number of nitrogens with zero attached hydrogens (tertiary/aromatic N) is 4. The van der Waals surface area contributed by atoms with Gasteiger partial charge in [-0.15, -0.1) is 10.2 Å². The van der Waals surface area contributed by atoms with Gasteiger partial charge in [0.15, 0.2) is 22.4 Å². The first-order valence-electron chi connectivity index (χ1n) is 11.3. The van der Waals surface area contributed by atoms with E-state index in [1.165, 1.54) is 18.7 Å². The Morgan fingerprint density at radius 3 is 2.67 bits per heavy atom. The third-order valence-electron chi connectivity index (χ3n) is 5.99. The molecule has 33 heavy (non-hydrogen) atoms. The SMILES string of the molecule is CC(=O)c1cc2c(cc1NC(=O)CSc1nnc(N3CCCC3)n1CC1CCCO1)OCO2. The van der Waals surface area contributed by atoms with Gasteiger partial charge in [-0.2, -0.15) is 0 Å². The lowest BCUT2D eigenvalue weighted by atomic mass is 10.1. The van der Waals surface area contributed by atoms with Crippen molar-refractivity contribution in [3.8, 4) is 11.5 Å². The molecule has 11 heteroatoms. The second-order valence-corrected chi connectivity index (χ2v) is 9.31. The van der Waals surface area contributed by atoms with Crippen LogP contribution in [0, 0.1) is 0 Å². The van der Waals surface area contributed by atoms with Crippen LogP contribution in [0.5, 0.6) is 11.5 Å². The highest BCUT2D eigenvalue weighted by Gasteiger charge is 2.26. The van der Waals surface area contributed by atoms with Crippen molar-refractivity contribution in [2.45, 2.75) is 50.4 Å². The number of ketones is 1. The Hall–Kier alpha value is -2.79. The molecule has 1 aromatic carbocycles. The number of Topliss-reactive ketones (excluding diaryl/α,β-unsaturated/α-hetero) is 1. The molecule has 1 unspecified atom stereocenters. The van der Waals surface area contributed by atoms with E-state index in [9.17, 15) is 9.59 Å². The summed E-state index contributed by atoms with van der Waals surface area (Å²) >= 11 is 1.33. The smallest absolute Gasteiger partial charge is 0.234 e. The van der Waals surface area contributed by atoms with Crippen LogP contribution >= 0.6 is 11.8 Å². The van der Waals surface area contributed by atoms with E-state index in [0.29, 0.717) is 34.5 Å². The number of rotatable bonds is 8. The summed E-state index contributed by atoms with van der Waals surface area (Å²) in [7, 11) is 0. The average Bonchev–Trinajstić information content (AvgIpc) is 3.59. The minimum absolute atomic E-state index is 0.0969.